The Morgan fingerprint density at radius 3 is 3.00 bits per heavy atom. The minimum absolute atomic E-state index is 0.434. The first-order chi connectivity index (χ1) is 6.25. The minimum atomic E-state index is -0.434. The topological polar surface area (TPSA) is 38.1 Å². The largest absolute Gasteiger partial charge is 0.384 e. The Kier molecular flexibility index (Phi) is 4.32. The lowest BCUT2D eigenvalue weighted by atomic mass is 10.4. The number of aliphatic hydroxyl groups is 1. The quantitative estimate of drug-likeness (QED) is 0.734. The van der Waals surface area contributed by atoms with E-state index in [1.807, 2.05) is 17.8 Å². The predicted molar refractivity (Wildman–Crippen MR) is 55.8 cm³/mol. The van der Waals surface area contributed by atoms with Gasteiger partial charge in [0.05, 0.1) is 0 Å². The first-order valence-corrected chi connectivity index (χ1v) is 5.64. The highest BCUT2D eigenvalue weighted by atomic mass is 32.2. The summed E-state index contributed by atoms with van der Waals surface area (Å²) in [5.41, 5.74) is 0. The molecule has 0 aliphatic rings. The van der Waals surface area contributed by atoms with Crippen molar-refractivity contribution in [3.05, 3.63) is 18.2 Å². The standard InChI is InChI=1S/C9H16N2OS/c1-3-6-13-7-8(12)9-10-4-5-11(9)2/h4-5,8,12H,3,6-7H2,1-2H3. The maximum Gasteiger partial charge on any atom is 0.138 e. The molecule has 3 nitrogen and oxygen atoms in total. The van der Waals surface area contributed by atoms with Gasteiger partial charge >= 0.3 is 0 Å². The van der Waals surface area contributed by atoms with E-state index in [0.29, 0.717) is 0 Å². The van der Waals surface area contributed by atoms with Crippen LogP contribution in [0.1, 0.15) is 25.3 Å². The summed E-state index contributed by atoms with van der Waals surface area (Å²) in [4.78, 5) is 4.09. The number of hydrogen-bond donors (Lipinski definition) is 1. The van der Waals surface area contributed by atoms with Gasteiger partial charge in [0, 0.05) is 25.2 Å². The third-order valence-corrected chi connectivity index (χ3v) is 3.03. The molecule has 0 fully saturated rings. The van der Waals surface area contributed by atoms with Gasteiger partial charge in [-0.15, -0.1) is 0 Å². The van der Waals surface area contributed by atoms with E-state index >= 15 is 0 Å². The smallest absolute Gasteiger partial charge is 0.138 e. The van der Waals surface area contributed by atoms with Crippen LogP contribution < -0.4 is 0 Å². The minimum Gasteiger partial charge on any atom is -0.384 e. The number of aryl methyl sites for hydroxylation is 1. The van der Waals surface area contributed by atoms with E-state index in [-0.39, 0.29) is 0 Å². The van der Waals surface area contributed by atoms with Gasteiger partial charge in [-0.25, -0.2) is 4.98 Å². The van der Waals surface area contributed by atoms with Crippen LogP contribution in [0.15, 0.2) is 12.4 Å². The average Bonchev–Trinajstić information content (AvgIpc) is 2.52. The Labute approximate surface area is 83.2 Å². The fourth-order valence-corrected chi connectivity index (χ4v) is 1.94. The number of imidazole rings is 1. The Morgan fingerprint density at radius 2 is 2.46 bits per heavy atom. The highest BCUT2D eigenvalue weighted by molar-refractivity contribution is 7.99. The summed E-state index contributed by atoms with van der Waals surface area (Å²) < 4.78 is 1.86. The van der Waals surface area contributed by atoms with Crippen LogP contribution in [0, 0.1) is 0 Å². The molecule has 0 spiro atoms. The third-order valence-electron chi connectivity index (χ3n) is 1.78. The second-order valence-corrected chi connectivity index (χ2v) is 4.14. The van der Waals surface area contributed by atoms with Gasteiger partial charge in [-0.1, -0.05) is 6.92 Å². The lowest BCUT2D eigenvalue weighted by Gasteiger charge is -2.09. The molecule has 1 heterocycles. The van der Waals surface area contributed by atoms with Crippen LogP contribution in [0.3, 0.4) is 0 Å². The fraction of sp³-hybridized carbons (Fsp3) is 0.667. The van der Waals surface area contributed by atoms with E-state index in [0.717, 1.165) is 23.8 Å². The molecular weight excluding hydrogens is 184 g/mol. The monoisotopic (exact) mass is 200 g/mol. The first kappa shape index (κ1) is 10.6. The molecule has 1 aromatic heterocycles. The molecule has 0 aliphatic heterocycles. The second kappa shape index (κ2) is 5.29. The molecular formula is C9H16N2OS. The molecule has 1 rings (SSSR count). The summed E-state index contributed by atoms with van der Waals surface area (Å²) in [7, 11) is 1.90. The van der Waals surface area contributed by atoms with Gasteiger partial charge in [-0.05, 0) is 12.2 Å². The van der Waals surface area contributed by atoms with Crippen molar-refractivity contribution in [1.29, 1.82) is 0 Å². The summed E-state index contributed by atoms with van der Waals surface area (Å²) in [5, 5.41) is 9.71. The second-order valence-electron chi connectivity index (χ2n) is 2.99. The Balaban J connectivity index is 2.39. The van der Waals surface area contributed by atoms with E-state index in [4.69, 9.17) is 0 Å². The average molecular weight is 200 g/mol. The van der Waals surface area contributed by atoms with Gasteiger partial charge in [0.25, 0.3) is 0 Å². The normalized spacial score (nSPS) is 13.2. The van der Waals surface area contributed by atoms with Crippen molar-refractivity contribution in [2.24, 2.45) is 7.05 Å². The van der Waals surface area contributed by atoms with Gasteiger partial charge < -0.3 is 9.67 Å². The number of thioether (sulfide) groups is 1. The number of rotatable bonds is 5. The molecule has 1 aromatic rings. The zero-order valence-corrected chi connectivity index (χ0v) is 8.92. The maximum absolute atomic E-state index is 9.71. The molecule has 0 aliphatic carbocycles. The van der Waals surface area contributed by atoms with Crippen molar-refractivity contribution in [2.45, 2.75) is 19.4 Å². The molecule has 1 unspecified atom stereocenters. The van der Waals surface area contributed by atoms with Crippen molar-refractivity contribution < 1.29 is 5.11 Å². The van der Waals surface area contributed by atoms with Gasteiger partial charge in [0.15, 0.2) is 0 Å². The molecule has 0 saturated carbocycles. The summed E-state index contributed by atoms with van der Waals surface area (Å²) in [5.74, 6) is 2.59. The molecule has 13 heavy (non-hydrogen) atoms. The van der Waals surface area contributed by atoms with E-state index < -0.39 is 6.10 Å². The summed E-state index contributed by atoms with van der Waals surface area (Å²) in [6, 6.07) is 0. The van der Waals surface area contributed by atoms with E-state index in [9.17, 15) is 5.11 Å². The van der Waals surface area contributed by atoms with E-state index in [2.05, 4.69) is 11.9 Å². The number of aromatic nitrogens is 2. The van der Waals surface area contributed by atoms with Crippen molar-refractivity contribution in [3.8, 4) is 0 Å². The van der Waals surface area contributed by atoms with E-state index in [1.165, 1.54) is 0 Å². The SMILES string of the molecule is CCCSCC(O)c1nccn1C. The molecule has 0 radical (unpaired) electrons. The third kappa shape index (κ3) is 3.04. The zero-order chi connectivity index (χ0) is 9.68. The summed E-state index contributed by atoms with van der Waals surface area (Å²) in [6.45, 7) is 2.14. The predicted octanol–water partition coefficient (Wildman–Crippen LogP) is 1.60. The lowest BCUT2D eigenvalue weighted by molar-refractivity contribution is 0.190. The Hall–Kier alpha value is -0.480. The lowest BCUT2D eigenvalue weighted by Crippen LogP contribution is -2.07. The van der Waals surface area contributed by atoms with Crippen molar-refractivity contribution in [2.75, 3.05) is 11.5 Å². The van der Waals surface area contributed by atoms with Crippen LogP contribution >= 0.6 is 11.8 Å². The molecule has 0 amide bonds. The van der Waals surface area contributed by atoms with Crippen LogP contribution in [0.5, 0.6) is 0 Å². The first-order valence-electron chi connectivity index (χ1n) is 4.48. The molecule has 4 heteroatoms. The zero-order valence-electron chi connectivity index (χ0n) is 8.10. The highest BCUT2D eigenvalue weighted by Gasteiger charge is 2.11. The van der Waals surface area contributed by atoms with Crippen LogP contribution in [0.25, 0.3) is 0 Å². The van der Waals surface area contributed by atoms with Gasteiger partial charge in [0.2, 0.25) is 0 Å². The van der Waals surface area contributed by atoms with Crippen LogP contribution in [-0.2, 0) is 7.05 Å². The van der Waals surface area contributed by atoms with Gasteiger partial charge in [0.1, 0.15) is 11.9 Å². The number of hydrogen-bond acceptors (Lipinski definition) is 3. The highest BCUT2D eigenvalue weighted by Crippen LogP contribution is 2.16. The molecule has 1 atom stereocenters. The van der Waals surface area contributed by atoms with Crippen molar-refractivity contribution in [3.63, 3.8) is 0 Å². The molecule has 0 bridgehead atoms. The molecule has 74 valence electrons. The van der Waals surface area contributed by atoms with Crippen molar-refractivity contribution in [1.82, 2.24) is 9.55 Å². The number of nitrogens with zero attached hydrogens (tertiary/aromatic N) is 2. The van der Waals surface area contributed by atoms with E-state index in [1.54, 1.807) is 18.0 Å². The van der Waals surface area contributed by atoms with Gasteiger partial charge in [-0.2, -0.15) is 11.8 Å². The summed E-state index contributed by atoms with van der Waals surface area (Å²) >= 11 is 1.76. The molecule has 0 saturated heterocycles. The Bertz CT molecular complexity index is 250. The van der Waals surface area contributed by atoms with Crippen LogP contribution in [0.4, 0.5) is 0 Å². The maximum atomic E-state index is 9.71. The van der Waals surface area contributed by atoms with Gasteiger partial charge in [-0.3, -0.25) is 0 Å². The molecule has 0 aromatic carbocycles. The number of aliphatic hydroxyl groups excluding tert-OH is 1. The van der Waals surface area contributed by atoms with Crippen LogP contribution in [0.2, 0.25) is 0 Å². The summed E-state index contributed by atoms with van der Waals surface area (Å²) in [6.07, 6.45) is 4.28. The molecule has 1 N–H and O–H groups in total. The fourth-order valence-electron chi connectivity index (χ4n) is 1.11. The Morgan fingerprint density at radius 1 is 1.69 bits per heavy atom. The van der Waals surface area contributed by atoms with Crippen molar-refractivity contribution >= 4 is 11.8 Å². The van der Waals surface area contributed by atoms with Crippen LogP contribution in [-0.4, -0.2) is 26.2 Å².